The van der Waals surface area contributed by atoms with Gasteiger partial charge in [0.2, 0.25) is 5.91 Å². The summed E-state index contributed by atoms with van der Waals surface area (Å²) in [6.45, 7) is 6.59. The number of carbonyl (C=O) groups is 1. The third-order valence-corrected chi connectivity index (χ3v) is 6.69. The van der Waals surface area contributed by atoms with Gasteiger partial charge in [-0.15, -0.1) is 0 Å². The number of hydrogen-bond acceptors (Lipinski definition) is 3. The number of rotatable bonds is 4. The fourth-order valence-corrected chi connectivity index (χ4v) is 5.22. The number of benzene rings is 1. The molecule has 6 heteroatoms. The fourth-order valence-electron chi connectivity index (χ4n) is 5.22. The van der Waals surface area contributed by atoms with Gasteiger partial charge in [0.25, 0.3) is 0 Å². The predicted octanol–water partition coefficient (Wildman–Crippen LogP) is 2.87. The van der Waals surface area contributed by atoms with Crippen LogP contribution >= 0.6 is 0 Å². The van der Waals surface area contributed by atoms with Crippen molar-refractivity contribution in [2.45, 2.75) is 32.7 Å². The molecule has 0 spiro atoms. The largest absolute Gasteiger partial charge is 0.342 e. The van der Waals surface area contributed by atoms with Gasteiger partial charge in [-0.05, 0) is 56.5 Å². The van der Waals surface area contributed by atoms with Gasteiger partial charge in [0.1, 0.15) is 5.82 Å². The average Bonchev–Trinajstić information content (AvgIpc) is 3.24. The molecular weight excluding hydrogens is 355 g/mol. The first-order chi connectivity index (χ1) is 13.3. The van der Waals surface area contributed by atoms with E-state index in [2.05, 4.69) is 24.0 Å². The summed E-state index contributed by atoms with van der Waals surface area (Å²) in [6.07, 6.45) is 1.26. The van der Waals surface area contributed by atoms with Crippen LogP contribution in [0.5, 0.6) is 0 Å². The van der Waals surface area contributed by atoms with E-state index in [1.54, 1.807) is 12.1 Å². The highest BCUT2D eigenvalue weighted by atomic mass is 19.1. The maximum Gasteiger partial charge on any atom is 0.222 e. The molecule has 4 rings (SSSR count). The van der Waals surface area contributed by atoms with Crippen LogP contribution in [0, 0.1) is 31.5 Å². The van der Waals surface area contributed by atoms with Gasteiger partial charge >= 0.3 is 0 Å². The number of likely N-dealkylation sites (tertiary alicyclic amines) is 2. The van der Waals surface area contributed by atoms with Crippen LogP contribution in [0.2, 0.25) is 0 Å². The number of nitrogens with zero attached hydrogens (tertiary/aromatic N) is 4. The zero-order chi connectivity index (χ0) is 20.0. The Kier molecular flexibility index (Phi) is 5.00. The molecule has 1 aromatic carbocycles. The Balaban J connectivity index is 1.42. The number of halogens is 1. The van der Waals surface area contributed by atoms with E-state index in [-0.39, 0.29) is 17.8 Å². The molecule has 0 N–H and O–H groups in total. The topological polar surface area (TPSA) is 41.4 Å². The van der Waals surface area contributed by atoms with Gasteiger partial charge in [-0.25, -0.2) is 4.39 Å². The van der Waals surface area contributed by atoms with Gasteiger partial charge in [-0.2, -0.15) is 5.10 Å². The Hall–Kier alpha value is -2.21. The Morgan fingerprint density at radius 3 is 2.68 bits per heavy atom. The monoisotopic (exact) mass is 384 g/mol. The third-order valence-electron chi connectivity index (χ3n) is 6.69. The van der Waals surface area contributed by atoms with Crippen LogP contribution in [0.15, 0.2) is 24.3 Å². The molecular formula is C22H29FN4O. The number of aryl methyl sites for hydroxylation is 2. The first-order valence-electron chi connectivity index (χ1n) is 10.1. The number of fused-ring (bicyclic) bond motifs is 1. The molecule has 2 fully saturated rings. The van der Waals surface area contributed by atoms with E-state index in [0.717, 1.165) is 43.0 Å². The van der Waals surface area contributed by atoms with Crippen LogP contribution in [-0.4, -0.2) is 52.2 Å². The van der Waals surface area contributed by atoms with Crippen LogP contribution in [0.1, 0.15) is 35.0 Å². The Morgan fingerprint density at radius 1 is 1.21 bits per heavy atom. The van der Waals surface area contributed by atoms with Crippen molar-refractivity contribution < 1.29 is 9.18 Å². The van der Waals surface area contributed by atoms with E-state index in [1.807, 2.05) is 29.6 Å². The molecule has 3 heterocycles. The van der Waals surface area contributed by atoms with Gasteiger partial charge in [-0.1, -0.05) is 12.1 Å². The number of hydrogen-bond donors (Lipinski definition) is 0. The van der Waals surface area contributed by atoms with E-state index in [0.29, 0.717) is 18.3 Å². The smallest absolute Gasteiger partial charge is 0.222 e. The third kappa shape index (κ3) is 3.34. The molecule has 3 atom stereocenters. The zero-order valence-corrected chi connectivity index (χ0v) is 17.2. The maximum atomic E-state index is 13.7. The molecule has 1 aromatic heterocycles. The molecule has 0 radical (unpaired) electrons. The van der Waals surface area contributed by atoms with E-state index in [1.165, 1.54) is 11.6 Å². The van der Waals surface area contributed by atoms with Crippen LogP contribution in [0.25, 0.3) is 0 Å². The summed E-state index contributed by atoms with van der Waals surface area (Å²) in [7, 11) is 4.05. The summed E-state index contributed by atoms with van der Waals surface area (Å²) in [5, 5.41) is 4.45. The van der Waals surface area contributed by atoms with Crippen molar-refractivity contribution in [2.24, 2.45) is 18.9 Å². The Morgan fingerprint density at radius 2 is 2.00 bits per heavy atom. The highest BCUT2D eigenvalue weighted by molar-refractivity contribution is 5.77. The van der Waals surface area contributed by atoms with Crippen LogP contribution in [0.3, 0.4) is 0 Å². The molecule has 0 unspecified atom stereocenters. The minimum Gasteiger partial charge on any atom is -0.342 e. The van der Waals surface area contributed by atoms with Crippen molar-refractivity contribution in [3.63, 3.8) is 0 Å². The van der Waals surface area contributed by atoms with E-state index >= 15 is 0 Å². The second kappa shape index (κ2) is 7.32. The van der Waals surface area contributed by atoms with E-state index in [4.69, 9.17) is 0 Å². The second-order valence-corrected chi connectivity index (χ2v) is 8.44. The highest BCUT2D eigenvalue weighted by Gasteiger charge is 2.47. The lowest BCUT2D eigenvalue weighted by atomic mass is 9.89. The molecule has 5 nitrogen and oxygen atoms in total. The van der Waals surface area contributed by atoms with Gasteiger partial charge in [0.15, 0.2) is 0 Å². The second-order valence-electron chi connectivity index (χ2n) is 8.44. The van der Waals surface area contributed by atoms with Crippen LogP contribution in [-0.2, 0) is 18.3 Å². The molecule has 2 saturated heterocycles. The quantitative estimate of drug-likeness (QED) is 0.814. The summed E-state index contributed by atoms with van der Waals surface area (Å²) >= 11 is 0. The highest BCUT2D eigenvalue weighted by Crippen LogP contribution is 2.44. The van der Waals surface area contributed by atoms with Crippen LogP contribution < -0.4 is 0 Å². The minimum atomic E-state index is -0.192. The van der Waals surface area contributed by atoms with Crippen LogP contribution in [0.4, 0.5) is 4.39 Å². The van der Waals surface area contributed by atoms with Crippen molar-refractivity contribution in [2.75, 3.05) is 26.7 Å². The van der Waals surface area contributed by atoms with Crippen molar-refractivity contribution in [3.8, 4) is 0 Å². The molecule has 2 aliphatic rings. The summed E-state index contributed by atoms with van der Waals surface area (Å²) in [6, 6.07) is 7.10. The average molecular weight is 384 g/mol. The van der Waals surface area contributed by atoms with Crippen molar-refractivity contribution in [1.82, 2.24) is 19.6 Å². The SMILES string of the molecule is Cc1nn(C)c(C)c1CCC(=O)N1C[C@@H]2CN(C)[C@@H](c3cccc(F)c3)[C@@H]2C1. The Bertz CT molecular complexity index is 893. The van der Waals surface area contributed by atoms with Crippen molar-refractivity contribution in [3.05, 3.63) is 52.6 Å². The molecule has 0 aliphatic carbocycles. The zero-order valence-electron chi connectivity index (χ0n) is 17.2. The van der Waals surface area contributed by atoms with Gasteiger partial charge in [-0.3, -0.25) is 14.4 Å². The number of amides is 1. The van der Waals surface area contributed by atoms with Gasteiger partial charge < -0.3 is 4.90 Å². The molecule has 2 aromatic rings. The summed E-state index contributed by atoms with van der Waals surface area (Å²) in [5.41, 5.74) is 4.36. The van der Waals surface area contributed by atoms with Gasteiger partial charge in [0.05, 0.1) is 5.69 Å². The molecule has 1 amide bonds. The van der Waals surface area contributed by atoms with Crippen molar-refractivity contribution in [1.29, 1.82) is 0 Å². The van der Waals surface area contributed by atoms with E-state index in [9.17, 15) is 9.18 Å². The first kappa shape index (κ1) is 19.1. The molecule has 2 aliphatic heterocycles. The lowest BCUT2D eigenvalue weighted by molar-refractivity contribution is -0.130. The number of carbonyl (C=O) groups excluding carboxylic acids is 1. The number of aromatic nitrogens is 2. The lowest BCUT2D eigenvalue weighted by Gasteiger charge is -2.27. The van der Waals surface area contributed by atoms with E-state index < -0.39 is 0 Å². The standard InChI is InChI=1S/C22H29FN4O/c1-14-19(15(2)26(4)24-14)8-9-21(28)27-12-17-11-25(3)22(20(17)13-27)16-6-5-7-18(23)10-16/h5-7,10,17,20,22H,8-9,11-13H2,1-4H3/t17-,20+,22-/m0/s1. The molecule has 0 saturated carbocycles. The molecule has 150 valence electrons. The summed E-state index contributed by atoms with van der Waals surface area (Å²) < 4.78 is 15.6. The van der Waals surface area contributed by atoms with Crippen molar-refractivity contribution >= 4 is 5.91 Å². The van der Waals surface area contributed by atoms with Gasteiger partial charge in [0, 0.05) is 50.8 Å². The molecule has 0 bridgehead atoms. The fraction of sp³-hybridized carbons (Fsp3) is 0.545. The first-order valence-corrected chi connectivity index (χ1v) is 10.1. The minimum absolute atomic E-state index is 0.182. The molecule has 28 heavy (non-hydrogen) atoms. The normalized spacial score (nSPS) is 24.8. The summed E-state index contributed by atoms with van der Waals surface area (Å²) in [5.74, 6) is 0.863. The summed E-state index contributed by atoms with van der Waals surface area (Å²) in [4.78, 5) is 17.2. The Labute approximate surface area is 166 Å². The maximum absolute atomic E-state index is 13.7. The predicted molar refractivity (Wildman–Crippen MR) is 106 cm³/mol. The lowest BCUT2D eigenvalue weighted by Crippen LogP contribution is -2.33.